The minimum Gasteiger partial charge on any atom is -0.346 e. The van der Waals surface area contributed by atoms with Crippen molar-refractivity contribution < 1.29 is 0 Å². The summed E-state index contributed by atoms with van der Waals surface area (Å²) in [6.07, 6.45) is 8.33. The Morgan fingerprint density at radius 1 is 1.21 bits per heavy atom. The maximum atomic E-state index is 5.61. The number of benzene rings is 1. The van der Waals surface area contributed by atoms with Gasteiger partial charge in [0.25, 0.3) is 0 Å². The van der Waals surface area contributed by atoms with E-state index in [1.165, 1.54) is 5.56 Å². The molecule has 1 aromatic carbocycles. The fourth-order valence-corrected chi connectivity index (χ4v) is 2.18. The Hall–Kier alpha value is -1.53. The van der Waals surface area contributed by atoms with Gasteiger partial charge in [0.15, 0.2) is 5.11 Å². The average Bonchev–Trinajstić information content (AvgIpc) is 2.46. The van der Waals surface area contributed by atoms with Gasteiger partial charge in [-0.3, -0.25) is 0 Å². The molecule has 2 N–H and O–H groups in total. The van der Waals surface area contributed by atoms with Crippen molar-refractivity contribution >= 4 is 23.0 Å². The number of rotatable bonds is 5. The van der Waals surface area contributed by atoms with Gasteiger partial charge in [-0.15, -0.1) is 6.42 Å². The topological polar surface area (TPSA) is 24.1 Å². The summed E-state index contributed by atoms with van der Waals surface area (Å²) in [5, 5.41) is 6.99. The zero-order chi connectivity index (χ0) is 14.3. The molecular formula is C16H22N2S. The van der Waals surface area contributed by atoms with E-state index in [2.05, 4.69) is 49.5 Å². The monoisotopic (exact) mass is 274 g/mol. The van der Waals surface area contributed by atoms with Crippen LogP contribution in [0.2, 0.25) is 0 Å². The van der Waals surface area contributed by atoms with Crippen molar-refractivity contribution in [3.8, 4) is 12.3 Å². The van der Waals surface area contributed by atoms with Crippen LogP contribution in [0.15, 0.2) is 24.3 Å². The summed E-state index contributed by atoms with van der Waals surface area (Å²) in [4.78, 5) is 0. The molecule has 0 aromatic heterocycles. The van der Waals surface area contributed by atoms with E-state index in [4.69, 9.17) is 18.6 Å². The lowest BCUT2D eigenvalue weighted by Crippen LogP contribution is -2.48. The molecule has 1 rings (SSSR count). The van der Waals surface area contributed by atoms with Gasteiger partial charge in [0.2, 0.25) is 0 Å². The van der Waals surface area contributed by atoms with E-state index in [1.807, 2.05) is 12.1 Å². The van der Waals surface area contributed by atoms with Crippen LogP contribution >= 0.6 is 12.2 Å². The number of aryl methyl sites for hydroxylation is 1. The Morgan fingerprint density at radius 3 is 2.21 bits per heavy atom. The van der Waals surface area contributed by atoms with Crippen LogP contribution in [0, 0.1) is 12.3 Å². The molecule has 0 spiro atoms. The van der Waals surface area contributed by atoms with Gasteiger partial charge >= 0.3 is 0 Å². The van der Waals surface area contributed by atoms with Gasteiger partial charge in [-0.1, -0.05) is 38.8 Å². The van der Waals surface area contributed by atoms with Crippen LogP contribution in [-0.4, -0.2) is 10.7 Å². The lowest BCUT2D eigenvalue weighted by Gasteiger charge is -2.28. The number of hydrogen-bond donors (Lipinski definition) is 2. The summed E-state index contributed by atoms with van der Waals surface area (Å²) in [7, 11) is 0. The molecule has 2 nitrogen and oxygen atoms in total. The second-order valence-electron chi connectivity index (χ2n) is 4.56. The van der Waals surface area contributed by atoms with Crippen molar-refractivity contribution in [2.24, 2.45) is 0 Å². The van der Waals surface area contributed by atoms with Gasteiger partial charge < -0.3 is 10.6 Å². The Morgan fingerprint density at radius 2 is 1.79 bits per heavy atom. The minimum absolute atomic E-state index is 0.354. The zero-order valence-electron chi connectivity index (χ0n) is 11.9. The van der Waals surface area contributed by atoms with E-state index in [0.29, 0.717) is 5.11 Å². The Bertz CT molecular complexity index is 453. The molecule has 0 unspecified atom stereocenters. The van der Waals surface area contributed by atoms with Crippen molar-refractivity contribution in [2.45, 2.75) is 45.6 Å². The molecule has 0 atom stereocenters. The van der Waals surface area contributed by atoms with Crippen LogP contribution < -0.4 is 10.6 Å². The van der Waals surface area contributed by atoms with E-state index < -0.39 is 0 Å². The summed E-state index contributed by atoms with van der Waals surface area (Å²) in [6, 6.07) is 8.25. The third kappa shape index (κ3) is 4.25. The summed E-state index contributed by atoms with van der Waals surface area (Å²) >= 11 is 5.33. The highest BCUT2D eigenvalue weighted by Gasteiger charge is 2.23. The molecule has 0 heterocycles. The molecule has 0 aliphatic heterocycles. The predicted octanol–water partition coefficient (Wildman–Crippen LogP) is 3.73. The molecule has 0 aliphatic rings. The number of thiocarbonyl (C=S) groups is 1. The SMILES string of the molecule is C#CC(CC)(CC)NC(=S)Nc1ccc(CC)cc1. The Kier molecular flexibility index (Phi) is 5.85. The van der Waals surface area contributed by atoms with E-state index in [0.717, 1.165) is 24.9 Å². The van der Waals surface area contributed by atoms with Crippen LogP contribution in [0.25, 0.3) is 0 Å². The maximum Gasteiger partial charge on any atom is 0.171 e. The fourth-order valence-electron chi connectivity index (χ4n) is 1.87. The molecular weight excluding hydrogens is 252 g/mol. The van der Waals surface area contributed by atoms with Gasteiger partial charge in [0.05, 0.1) is 5.54 Å². The number of nitrogens with one attached hydrogen (secondary N) is 2. The van der Waals surface area contributed by atoms with Gasteiger partial charge in [0.1, 0.15) is 0 Å². The molecule has 0 bridgehead atoms. The first-order chi connectivity index (χ1) is 9.09. The molecule has 0 fully saturated rings. The third-order valence-corrected chi connectivity index (χ3v) is 3.66. The largest absolute Gasteiger partial charge is 0.346 e. The third-order valence-electron chi connectivity index (χ3n) is 3.46. The van der Waals surface area contributed by atoms with Crippen LogP contribution in [0.4, 0.5) is 5.69 Å². The highest BCUT2D eigenvalue weighted by molar-refractivity contribution is 7.80. The summed E-state index contributed by atoms with van der Waals surface area (Å²) in [6.45, 7) is 6.27. The van der Waals surface area contributed by atoms with Crippen molar-refractivity contribution in [3.05, 3.63) is 29.8 Å². The van der Waals surface area contributed by atoms with Gasteiger partial charge in [-0.2, -0.15) is 0 Å². The second kappa shape index (κ2) is 7.16. The maximum absolute atomic E-state index is 5.61. The van der Waals surface area contributed by atoms with E-state index in [9.17, 15) is 0 Å². The van der Waals surface area contributed by atoms with Gasteiger partial charge in [-0.25, -0.2) is 0 Å². The molecule has 0 saturated heterocycles. The Labute approximate surface area is 122 Å². The van der Waals surface area contributed by atoms with E-state index in [-0.39, 0.29) is 5.54 Å². The predicted molar refractivity (Wildman–Crippen MR) is 87.3 cm³/mol. The Balaban J connectivity index is 2.66. The first-order valence-electron chi connectivity index (χ1n) is 6.75. The normalized spacial score (nSPS) is 10.6. The second-order valence-corrected chi connectivity index (χ2v) is 4.97. The highest BCUT2D eigenvalue weighted by atomic mass is 32.1. The molecule has 0 radical (unpaired) electrons. The van der Waals surface area contributed by atoms with Crippen LogP contribution in [0.3, 0.4) is 0 Å². The van der Waals surface area contributed by atoms with Crippen molar-refractivity contribution in [1.82, 2.24) is 5.32 Å². The first kappa shape index (κ1) is 15.5. The molecule has 102 valence electrons. The highest BCUT2D eigenvalue weighted by Crippen LogP contribution is 2.15. The quantitative estimate of drug-likeness (QED) is 0.632. The van der Waals surface area contributed by atoms with Crippen molar-refractivity contribution in [2.75, 3.05) is 5.32 Å². The standard InChI is InChI=1S/C16H22N2S/c1-5-13-9-11-14(12-10-13)17-15(19)18-16(6-2,7-3)8-4/h2,9-12H,5,7-8H2,1,3-4H3,(H2,17,18,19). The molecule has 3 heteroatoms. The van der Waals surface area contributed by atoms with Crippen molar-refractivity contribution in [1.29, 1.82) is 0 Å². The number of hydrogen-bond acceptors (Lipinski definition) is 1. The number of terminal acetylenes is 1. The summed E-state index contributed by atoms with van der Waals surface area (Å²) in [5.41, 5.74) is 1.94. The molecule has 1 aromatic rings. The first-order valence-corrected chi connectivity index (χ1v) is 7.15. The van der Waals surface area contributed by atoms with Crippen LogP contribution in [0.5, 0.6) is 0 Å². The smallest absolute Gasteiger partial charge is 0.171 e. The average molecular weight is 274 g/mol. The van der Waals surface area contributed by atoms with Crippen LogP contribution in [-0.2, 0) is 6.42 Å². The van der Waals surface area contributed by atoms with E-state index in [1.54, 1.807) is 0 Å². The molecule has 0 aliphatic carbocycles. The molecule has 0 amide bonds. The zero-order valence-corrected chi connectivity index (χ0v) is 12.7. The summed E-state index contributed by atoms with van der Waals surface area (Å²) in [5.74, 6) is 2.81. The van der Waals surface area contributed by atoms with Crippen molar-refractivity contribution in [3.63, 3.8) is 0 Å². The van der Waals surface area contributed by atoms with Crippen LogP contribution in [0.1, 0.15) is 39.2 Å². The summed E-state index contributed by atoms with van der Waals surface area (Å²) < 4.78 is 0. The number of anilines is 1. The van der Waals surface area contributed by atoms with Gasteiger partial charge in [0, 0.05) is 5.69 Å². The lowest BCUT2D eigenvalue weighted by atomic mass is 9.94. The molecule has 19 heavy (non-hydrogen) atoms. The van der Waals surface area contributed by atoms with Gasteiger partial charge in [-0.05, 0) is 49.2 Å². The van der Waals surface area contributed by atoms with E-state index >= 15 is 0 Å². The lowest BCUT2D eigenvalue weighted by molar-refractivity contribution is 0.461. The minimum atomic E-state index is -0.354. The molecule has 0 saturated carbocycles. The fraction of sp³-hybridized carbons (Fsp3) is 0.438.